The maximum atomic E-state index is 11.9. The number of carbonyl (C=O) groups excluding carboxylic acids is 1. The van der Waals surface area contributed by atoms with Crippen LogP contribution in [0.25, 0.3) is 0 Å². The molecule has 4 N–H and O–H groups in total. The van der Waals surface area contributed by atoms with Gasteiger partial charge in [0, 0.05) is 32.6 Å². The highest BCUT2D eigenvalue weighted by molar-refractivity contribution is 5.76. The van der Waals surface area contributed by atoms with E-state index in [0.29, 0.717) is 32.6 Å². The summed E-state index contributed by atoms with van der Waals surface area (Å²) in [5, 5.41) is 17.3. The Balaban J connectivity index is 2.22. The second-order valence-electron chi connectivity index (χ2n) is 4.89. The van der Waals surface area contributed by atoms with Gasteiger partial charge in [0.2, 0.25) is 5.91 Å². The van der Waals surface area contributed by atoms with Gasteiger partial charge in [-0.3, -0.25) is 19.3 Å². The van der Waals surface area contributed by atoms with Crippen LogP contribution in [0.2, 0.25) is 0 Å². The molecule has 1 fully saturated rings. The van der Waals surface area contributed by atoms with Gasteiger partial charge in [0.15, 0.2) is 0 Å². The van der Waals surface area contributed by atoms with Crippen molar-refractivity contribution in [3.05, 3.63) is 0 Å². The third-order valence-electron chi connectivity index (χ3n) is 3.31. The Labute approximate surface area is 117 Å². The van der Waals surface area contributed by atoms with E-state index in [1.54, 1.807) is 9.80 Å². The number of rotatable bonds is 7. The van der Waals surface area contributed by atoms with E-state index in [0.717, 1.165) is 0 Å². The molecule has 1 atom stereocenters. The van der Waals surface area contributed by atoms with Gasteiger partial charge >= 0.3 is 11.9 Å². The molecule has 0 aromatic heterocycles. The first-order chi connectivity index (χ1) is 9.40. The van der Waals surface area contributed by atoms with E-state index < -0.39 is 18.0 Å². The molecular formula is C12H21N3O5. The average molecular weight is 287 g/mol. The molecule has 0 radical (unpaired) electrons. The van der Waals surface area contributed by atoms with Gasteiger partial charge in [-0.25, -0.2) is 0 Å². The molecule has 1 saturated heterocycles. The third kappa shape index (κ3) is 5.54. The van der Waals surface area contributed by atoms with Crippen molar-refractivity contribution in [3.63, 3.8) is 0 Å². The number of amides is 1. The molecule has 8 nitrogen and oxygen atoms in total. The first-order valence-electron chi connectivity index (χ1n) is 6.60. The van der Waals surface area contributed by atoms with Crippen LogP contribution in [-0.2, 0) is 14.4 Å². The number of aliphatic carboxylic acids is 2. The summed E-state index contributed by atoms with van der Waals surface area (Å²) in [7, 11) is 0. The summed E-state index contributed by atoms with van der Waals surface area (Å²) >= 11 is 0. The van der Waals surface area contributed by atoms with Crippen LogP contribution in [0.1, 0.15) is 19.3 Å². The maximum absolute atomic E-state index is 11.9. The molecule has 0 aromatic carbocycles. The largest absolute Gasteiger partial charge is 0.480 e. The second kappa shape index (κ2) is 7.81. The zero-order valence-electron chi connectivity index (χ0n) is 11.3. The molecule has 1 heterocycles. The average Bonchev–Trinajstić information content (AvgIpc) is 2.38. The number of carboxylic acids is 2. The minimum atomic E-state index is -1.06. The van der Waals surface area contributed by atoms with Crippen molar-refractivity contribution in [1.82, 2.24) is 9.80 Å². The number of hydrogen-bond acceptors (Lipinski definition) is 5. The minimum absolute atomic E-state index is 0.00447. The van der Waals surface area contributed by atoms with E-state index in [2.05, 4.69) is 0 Å². The summed E-state index contributed by atoms with van der Waals surface area (Å²) < 4.78 is 0. The van der Waals surface area contributed by atoms with Gasteiger partial charge in [-0.2, -0.15) is 0 Å². The Morgan fingerprint density at radius 2 is 1.70 bits per heavy atom. The van der Waals surface area contributed by atoms with Gasteiger partial charge in [-0.05, 0) is 12.8 Å². The van der Waals surface area contributed by atoms with Gasteiger partial charge in [-0.1, -0.05) is 0 Å². The fraction of sp³-hybridized carbons (Fsp3) is 0.750. The summed E-state index contributed by atoms with van der Waals surface area (Å²) in [6.07, 6.45) is 1.00. The number of piperazine rings is 1. The number of carboxylic acid groups (broad SMARTS) is 2. The van der Waals surface area contributed by atoms with Gasteiger partial charge in [-0.15, -0.1) is 0 Å². The molecule has 1 rings (SSSR count). The number of nitrogens with zero attached hydrogens (tertiary/aromatic N) is 2. The van der Waals surface area contributed by atoms with Crippen molar-refractivity contribution < 1.29 is 24.6 Å². The molecule has 1 aliphatic rings. The Morgan fingerprint density at radius 1 is 1.10 bits per heavy atom. The van der Waals surface area contributed by atoms with Crippen LogP contribution in [0, 0.1) is 0 Å². The van der Waals surface area contributed by atoms with Crippen LogP contribution in [0.5, 0.6) is 0 Å². The standard InChI is InChI=1S/C12H21N3O5/c13-9(12(19)20)2-1-3-10(16)15-6-4-14(5-7-15)8-11(17)18/h9H,1-8,13H2,(H,17,18)(H,19,20)/t9-/m0/s1. The Hall–Kier alpha value is -1.67. The maximum Gasteiger partial charge on any atom is 0.320 e. The molecule has 0 spiro atoms. The Kier molecular flexibility index (Phi) is 6.40. The van der Waals surface area contributed by atoms with E-state index in [9.17, 15) is 14.4 Å². The molecule has 1 amide bonds. The second-order valence-corrected chi connectivity index (χ2v) is 4.89. The van der Waals surface area contributed by atoms with Crippen LogP contribution in [0.15, 0.2) is 0 Å². The van der Waals surface area contributed by atoms with Crippen molar-refractivity contribution in [2.45, 2.75) is 25.3 Å². The van der Waals surface area contributed by atoms with Crippen LogP contribution in [-0.4, -0.2) is 76.6 Å². The number of nitrogens with two attached hydrogens (primary N) is 1. The zero-order chi connectivity index (χ0) is 15.1. The molecule has 0 saturated carbocycles. The molecule has 0 aromatic rings. The molecule has 0 aliphatic carbocycles. The lowest BCUT2D eigenvalue weighted by molar-refractivity contribution is -0.140. The Morgan fingerprint density at radius 3 is 2.20 bits per heavy atom. The SMILES string of the molecule is N[C@@H](CCCC(=O)N1CCN(CC(=O)O)CC1)C(=O)O. The monoisotopic (exact) mass is 287 g/mol. The minimum Gasteiger partial charge on any atom is -0.480 e. The summed E-state index contributed by atoms with van der Waals surface area (Å²) in [5.74, 6) is -1.95. The molecule has 20 heavy (non-hydrogen) atoms. The predicted octanol–water partition coefficient (Wildman–Crippen LogP) is -1.20. The first-order valence-corrected chi connectivity index (χ1v) is 6.60. The number of carbonyl (C=O) groups is 3. The summed E-state index contributed by atoms with van der Waals surface area (Å²) in [5.41, 5.74) is 5.36. The van der Waals surface area contributed by atoms with E-state index >= 15 is 0 Å². The molecule has 0 bridgehead atoms. The summed E-state index contributed by atoms with van der Waals surface area (Å²) in [6.45, 7) is 2.11. The highest BCUT2D eigenvalue weighted by Crippen LogP contribution is 2.07. The molecule has 114 valence electrons. The first kappa shape index (κ1) is 16.4. The van der Waals surface area contributed by atoms with Crippen LogP contribution < -0.4 is 5.73 Å². The fourth-order valence-corrected chi connectivity index (χ4v) is 2.10. The van der Waals surface area contributed by atoms with Gasteiger partial charge in [0.25, 0.3) is 0 Å². The van der Waals surface area contributed by atoms with E-state index in [1.807, 2.05) is 0 Å². The summed E-state index contributed by atoms with van der Waals surface area (Å²) in [4.78, 5) is 36.4. The zero-order valence-corrected chi connectivity index (χ0v) is 11.3. The normalized spacial score (nSPS) is 17.8. The fourth-order valence-electron chi connectivity index (χ4n) is 2.10. The van der Waals surface area contributed by atoms with Crippen molar-refractivity contribution in [2.24, 2.45) is 5.73 Å². The van der Waals surface area contributed by atoms with Crippen molar-refractivity contribution in [3.8, 4) is 0 Å². The van der Waals surface area contributed by atoms with Crippen LogP contribution in [0.4, 0.5) is 0 Å². The van der Waals surface area contributed by atoms with Crippen molar-refractivity contribution in [2.75, 3.05) is 32.7 Å². The quantitative estimate of drug-likeness (QED) is 0.537. The lowest BCUT2D eigenvalue weighted by atomic mass is 10.1. The van der Waals surface area contributed by atoms with Gasteiger partial charge in [0.1, 0.15) is 6.04 Å². The molecule has 0 unspecified atom stereocenters. The van der Waals surface area contributed by atoms with Gasteiger partial charge < -0.3 is 20.8 Å². The third-order valence-corrected chi connectivity index (χ3v) is 3.31. The topological polar surface area (TPSA) is 124 Å². The van der Waals surface area contributed by atoms with Crippen molar-refractivity contribution >= 4 is 17.8 Å². The number of hydrogen-bond donors (Lipinski definition) is 3. The highest BCUT2D eigenvalue weighted by atomic mass is 16.4. The smallest absolute Gasteiger partial charge is 0.320 e. The predicted molar refractivity (Wildman–Crippen MR) is 70.1 cm³/mol. The van der Waals surface area contributed by atoms with E-state index in [-0.39, 0.29) is 25.3 Å². The van der Waals surface area contributed by atoms with Crippen molar-refractivity contribution in [1.29, 1.82) is 0 Å². The Bertz CT molecular complexity index is 366. The molecule has 8 heteroatoms. The lowest BCUT2D eigenvalue weighted by Gasteiger charge is -2.33. The van der Waals surface area contributed by atoms with E-state index in [1.165, 1.54) is 0 Å². The van der Waals surface area contributed by atoms with Crippen LogP contribution in [0.3, 0.4) is 0 Å². The molecule has 1 aliphatic heterocycles. The molecular weight excluding hydrogens is 266 g/mol. The van der Waals surface area contributed by atoms with Crippen LogP contribution >= 0.6 is 0 Å². The summed E-state index contributed by atoms with van der Waals surface area (Å²) in [6, 6.07) is -0.921. The van der Waals surface area contributed by atoms with Gasteiger partial charge in [0.05, 0.1) is 6.54 Å². The highest BCUT2D eigenvalue weighted by Gasteiger charge is 2.22. The lowest BCUT2D eigenvalue weighted by Crippen LogP contribution is -2.49. The van der Waals surface area contributed by atoms with E-state index in [4.69, 9.17) is 15.9 Å².